The van der Waals surface area contributed by atoms with Crippen LogP contribution in [0.3, 0.4) is 0 Å². The highest BCUT2D eigenvalue weighted by molar-refractivity contribution is 5.61. The van der Waals surface area contributed by atoms with Crippen LogP contribution in [0.4, 0.5) is 17.6 Å². The highest BCUT2D eigenvalue weighted by Gasteiger charge is 2.17. The Morgan fingerprint density at radius 2 is 1.44 bits per heavy atom. The summed E-state index contributed by atoms with van der Waals surface area (Å²) in [7, 11) is 1.49. The van der Waals surface area contributed by atoms with Gasteiger partial charge in [0.1, 0.15) is 24.2 Å². The zero-order valence-electron chi connectivity index (χ0n) is 17.6. The van der Waals surface area contributed by atoms with E-state index in [0.717, 1.165) is 0 Å². The van der Waals surface area contributed by atoms with Crippen molar-refractivity contribution in [1.82, 2.24) is 19.6 Å². The average Bonchev–Trinajstić information content (AvgIpc) is 3.25. The molecule has 0 aliphatic carbocycles. The van der Waals surface area contributed by atoms with Gasteiger partial charge in [-0.25, -0.2) is 4.40 Å². The van der Waals surface area contributed by atoms with E-state index in [1.165, 1.54) is 43.8 Å². The lowest BCUT2D eigenvalue weighted by Gasteiger charge is -2.18. The van der Waals surface area contributed by atoms with Gasteiger partial charge in [-0.05, 0) is 42.0 Å². The third-order valence-corrected chi connectivity index (χ3v) is 4.77. The molecule has 0 bridgehead atoms. The molecule has 0 spiro atoms. The molecule has 4 aromatic rings. The van der Waals surface area contributed by atoms with Crippen molar-refractivity contribution in [3.05, 3.63) is 66.5 Å². The van der Waals surface area contributed by atoms with Gasteiger partial charge in [0.05, 0.1) is 12.4 Å². The molecule has 12 heteroatoms. The second-order valence-corrected chi connectivity index (χ2v) is 6.85. The summed E-state index contributed by atoms with van der Waals surface area (Å²) < 4.78 is 71.3. The molecule has 0 amide bonds. The van der Waals surface area contributed by atoms with E-state index < -0.39 is 19.3 Å². The van der Waals surface area contributed by atoms with E-state index in [0.29, 0.717) is 28.5 Å². The Morgan fingerprint density at radius 1 is 0.824 bits per heavy atom. The Balaban J connectivity index is 1.54. The molecule has 1 atom stereocenters. The number of hydrogen-bond donors (Lipinski definition) is 0. The second-order valence-electron chi connectivity index (χ2n) is 6.85. The maximum atomic E-state index is 12.4. The number of hydrogen-bond acceptors (Lipinski definition) is 7. The van der Waals surface area contributed by atoms with E-state index in [1.807, 2.05) is 0 Å². The minimum absolute atomic E-state index is 0.0126. The van der Waals surface area contributed by atoms with Gasteiger partial charge in [-0.3, -0.25) is 4.98 Å². The predicted octanol–water partition coefficient (Wildman–Crippen LogP) is 4.76. The Hall–Kier alpha value is -3.93. The van der Waals surface area contributed by atoms with Crippen LogP contribution in [-0.4, -0.2) is 46.5 Å². The van der Waals surface area contributed by atoms with E-state index in [2.05, 4.69) is 24.7 Å². The van der Waals surface area contributed by atoms with Crippen LogP contribution in [0.25, 0.3) is 17.0 Å². The first-order valence-corrected chi connectivity index (χ1v) is 9.89. The molecule has 8 nitrogen and oxygen atoms in total. The Morgan fingerprint density at radius 3 is 2.03 bits per heavy atom. The summed E-state index contributed by atoms with van der Waals surface area (Å²) in [6.45, 7) is -5.77. The van der Waals surface area contributed by atoms with Crippen molar-refractivity contribution < 1.29 is 36.5 Å². The van der Waals surface area contributed by atoms with E-state index in [9.17, 15) is 17.6 Å². The van der Waals surface area contributed by atoms with Crippen molar-refractivity contribution in [3.63, 3.8) is 0 Å². The van der Waals surface area contributed by atoms with Gasteiger partial charge in [0, 0.05) is 12.7 Å². The van der Waals surface area contributed by atoms with Gasteiger partial charge in [0.2, 0.25) is 5.88 Å². The lowest BCUT2D eigenvalue weighted by atomic mass is 10.1. The van der Waals surface area contributed by atoms with Gasteiger partial charge in [-0.15, -0.1) is 10.2 Å². The van der Waals surface area contributed by atoms with E-state index in [-0.39, 0.29) is 18.1 Å². The van der Waals surface area contributed by atoms with Crippen LogP contribution in [0.15, 0.2) is 60.9 Å². The summed E-state index contributed by atoms with van der Waals surface area (Å²) in [6, 6.07) is 11.9. The molecule has 1 unspecified atom stereocenters. The monoisotopic (exact) mass is 478 g/mol. The van der Waals surface area contributed by atoms with Crippen molar-refractivity contribution in [2.75, 3.05) is 13.7 Å². The van der Waals surface area contributed by atoms with Crippen LogP contribution in [0.2, 0.25) is 0 Å². The van der Waals surface area contributed by atoms with Crippen molar-refractivity contribution in [2.24, 2.45) is 0 Å². The summed E-state index contributed by atoms with van der Waals surface area (Å²) in [5.74, 6) is 0.754. The molecule has 0 aliphatic rings. The summed E-state index contributed by atoms with van der Waals surface area (Å²) in [6.07, 6.45) is 2.44. The van der Waals surface area contributed by atoms with Crippen LogP contribution in [0.5, 0.6) is 17.4 Å². The minimum atomic E-state index is -2.92. The second kappa shape index (κ2) is 10.3. The maximum Gasteiger partial charge on any atom is 0.387 e. The Bertz CT molecular complexity index is 1220. The Labute approximate surface area is 190 Å². The predicted molar refractivity (Wildman–Crippen MR) is 111 cm³/mol. The third kappa shape index (κ3) is 5.34. The molecule has 0 N–H and O–H groups in total. The van der Waals surface area contributed by atoms with Crippen LogP contribution in [-0.2, 0) is 4.74 Å². The molecule has 2 heterocycles. The topological polar surface area (TPSA) is 80.0 Å². The van der Waals surface area contributed by atoms with Gasteiger partial charge in [0.15, 0.2) is 11.5 Å². The summed E-state index contributed by atoms with van der Waals surface area (Å²) in [5, 5.41) is 8.23. The van der Waals surface area contributed by atoms with Crippen molar-refractivity contribution in [1.29, 1.82) is 0 Å². The molecule has 34 heavy (non-hydrogen) atoms. The molecule has 2 aromatic heterocycles. The van der Waals surface area contributed by atoms with Gasteiger partial charge in [0.25, 0.3) is 0 Å². The molecule has 0 saturated heterocycles. The molecule has 0 radical (unpaired) electrons. The SMILES string of the molecule is COC(COc1cncc2nnc(-c3ccc(OC(F)F)cc3)n12)c1ccc(OC(F)F)cc1. The molecule has 0 fully saturated rings. The number of nitrogens with zero attached hydrogens (tertiary/aromatic N) is 4. The van der Waals surface area contributed by atoms with Gasteiger partial charge in [-0.2, -0.15) is 17.6 Å². The molecular formula is C22H18F4N4O4. The van der Waals surface area contributed by atoms with Crippen LogP contribution in [0, 0.1) is 0 Å². The molecule has 4 rings (SSSR count). The van der Waals surface area contributed by atoms with Crippen LogP contribution < -0.4 is 14.2 Å². The zero-order chi connectivity index (χ0) is 24.1. The lowest BCUT2D eigenvalue weighted by Crippen LogP contribution is -2.14. The molecular weight excluding hydrogens is 460 g/mol. The number of alkyl halides is 4. The highest BCUT2D eigenvalue weighted by Crippen LogP contribution is 2.27. The normalized spacial score (nSPS) is 12.3. The van der Waals surface area contributed by atoms with Crippen molar-refractivity contribution in [2.45, 2.75) is 19.3 Å². The maximum absolute atomic E-state index is 12.4. The van der Waals surface area contributed by atoms with Gasteiger partial charge in [-0.1, -0.05) is 12.1 Å². The third-order valence-electron chi connectivity index (χ3n) is 4.77. The fraction of sp³-hybridized carbons (Fsp3) is 0.227. The zero-order valence-corrected chi connectivity index (χ0v) is 17.6. The van der Waals surface area contributed by atoms with Crippen LogP contribution in [0.1, 0.15) is 11.7 Å². The van der Waals surface area contributed by atoms with Crippen molar-refractivity contribution >= 4 is 5.65 Å². The van der Waals surface area contributed by atoms with Crippen LogP contribution >= 0.6 is 0 Å². The largest absolute Gasteiger partial charge is 0.474 e. The summed E-state index contributed by atoms with van der Waals surface area (Å²) in [5.41, 5.74) is 1.67. The summed E-state index contributed by atoms with van der Waals surface area (Å²) >= 11 is 0. The fourth-order valence-corrected chi connectivity index (χ4v) is 3.22. The first-order chi connectivity index (χ1) is 16.4. The van der Waals surface area contributed by atoms with Gasteiger partial charge >= 0.3 is 13.2 Å². The molecule has 0 aliphatic heterocycles. The molecule has 178 valence electrons. The Kier molecular flexibility index (Phi) is 7.07. The quantitative estimate of drug-likeness (QED) is 0.304. The van der Waals surface area contributed by atoms with Gasteiger partial charge < -0.3 is 18.9 Å². The van der Waals surface area contributed by atoms with Crippen molar-refractivity contribution in [3.8, 4) is 28.8 Å². The number of fused-ring (bicyclic) bond motifs is 1. The highest BCUT2D eigenvalue weighted by atomic mass is 19.3. The number of aromatic nitrogens is 4. The lowest BCUT2D eigenvalue weighted by molar-refractivity contribution is -0.0505. The fourth-order valence-electron chi connectivity index (χ4n) is 3.22. The summed E-state index contributed by atoms with van der Waals surface area (Å²) in [4.78, 5) is 4.10. The number of ether oxygens (including phenoxy) is 4. The smallest absolute Gasteiger partial charge is 0.387 e. The molecule has 2 aromatic carbocycles. The standard InChI is InChI=1S/C22H18F4N4O4/c1-31-17(13-2-6-15(7-3-13)33-21(23)24)12-32-19-11-27-10-18-28-29-20(30(18)19)14-4-8-16(9-5-14)34-22(25)26/h2-11,17,21-22H,12H2,1H3. The molecule has 0 saturated carbocycles. The van der Waals surface area contributed by atoms with E-state index in [4.69, 9.17) is 9.47 Å². The number of methoxy groups -OCH3 is 1. The average molecular weight is 478 g/mol. The minimum Gasteiger partial charge on any atom is -0.474 e. The van der Waals surface area contributed by atoms with E-state index in [1.54, 1.807) is 28.7 Å². The van der Waals surface area contributed by atoms with E-state index >= 15 is 0 Å². The first kappa shape index (κ1) is 23.2. The number of rotatable bonds is 10. The first-order valence-electron chi connectivity index (χ1n) is 9.89. The number of halogens is 4. The number of benzene rings is 2.